The molecule has 0 aromatic carbocycles. The summed E-state index contributed by atoms with van der Waals surface area (Å²) in [6.07, 6.45) is 0. The molecule has 0 spiro atoms. The van der Waals surface area contributed by atoms with Crippen LogP contribution in [-0.2, 0) is 0 Å². The largest absolute Gasteiger partial charge is 0.360 e. The van der Waals surface area contributed by atoms with Crippen LogP contribution in [0.4, 0.5) is 0 Å². The Labute approximate surface area is 77.8 Å². The Morgan fingerprint density at radius 1 is 1.77 bits per heavy atom. The van der Waals surface area contributed by atoms with Gasteiger partial charge in [-0.2, -0.15) is 0 Å². The normalized spacial score (nSPS) is 12.8. The van der Waals surface area contributed by atoms with Gasteiger partial charge in [-0.25, -0.2) is 0 Å². The Morgan fingerprint density at radius 3 is 2.85 bits per heavy atom. The number of hydrogen-bond donors (Lipinski definition) is 2. The first-order valence-electron chi connectivity index (χ1n) is 4.28. The molecule has 72 valence electrons. The maximum absolute atomic E-state index is 7.57. The van der Waals surface area contributed by atoms with Crippen LogP contribution in [0.3, 0.4) is 0 Å². The number of aryl methyl sites for hydroxylation is 1. The Bertz CT molecular complexity index is 293. The Morgan fingerprint density at radius 2 is 2.46 bits per heavy atom. The first-order valence-corrected chi connectivity index (χ1v) is 4.28. The maximum atomic E-state index is 7.57. The van der Waals surface area contributed by atoms with E-state index in [1.807, 2.05) is 20.0 Å². The number of aromatic nitrogens is 1. The first-order chi connectivity index (χ1) is 6.15. The van der Waals surface area contributed by atoms with Crippen LogP contribution in [-0.4, -0.2) is 24.5 Å². The molecule has 1 atom stereocenters. The summed E-state index contributed by atoms with van der Waals surface area (Å²) in [6, 6.07) is 1.88. The third kappa shape index (κ3) is 2.39. The van der Waals surface area contributed by atoms with Gasteiger partial charge >= 0.3 is 0 Å². The van der Waals surface area contributed by atoms with Crippen LogP contribution < -0.4 is 5.32 Å². The van der Waals surface area contributed by atoms with Crippen molar-refractivity contribution in [3.63, 3.8) is 0 Å². The fourth-order valence-corrected chi connectivity index (χ4v) is 1.22. The van der Waals surface area contributed by atoms with Crippen molar-refractivity contribution in [1.29, 1.82) is 5.41 Å². The lowest BCUT2D eigenvalue weighted by molar-refractivity contribution is 0.371. The topological polar surface area (TPSA) is 61.9 Å². The fourth-order valence-electron chi connectivity index (χ4n) is 1.22. The van der Waals surface area contributed by atoms with Crippen LogP contribution in [0.25, 0.3) is 0 Å². The van der Waals surface area contributed by atoms with Crippen LogP contribution in [0.2, 0.25) is 0 Å². The predicted molar refractivity (Wildman–Crippen MR) is 51.3 cm³/mol. The number of hydrogen-bond acceptors (Lipinski definition) is 4. The van der Waals surface area contributed by atoms with Gasteiger partial charge in [-0.3, -0.25) is 0 Å². The predicted octanol–water partition coefficient (Wildman–Crippen LogP) is 1.33. The summed E-state index contributed by atoms with van der Waals surface area (Å²) in [5.41, 5.74) is 1.45. The second-order valence-corrected chi connectivity index (χ2v) is 3.16. The number of nitrogens with one attached hydrogen (secondary N) is 2. The minimum absolute atomic E-state index is 0.00574. The monoisotopic (exact) mass is 181 g/mol. The minimum Gasteiger partial charge on any atom is -0.360 e. The average molecular weight is 181 g/mol. The summed E-state index contributed by atoms with van der Waals surface area (Å²) in [4.78, 5) is 0. The zero-order chi connectivity index (χ0) is 9.84. The smallest absolute Gasteiger partial charge is 0.146 e. The van der Waals surface area contributed by atoms with Crippen LogP contribution in [0.15, 0.2) is 10.6 Å². The highest BCUT2D eigenvalue weighted by molar-refractivity contribution is 5.85. The van der Waals surface area contributed by atoms with E-state index < -0.39 is 0 Å². The molecule has 1 aromatic rings. The van der Waals surface area contributed by atoms with E-state index in [9.17, 15) is 0 Å². The van der Waals surface area contributed by atoms with Gasteiger partial charge in [-0.15, -0.1) is 0 Å². The lowest BCUT2D eigenvalue weighted by atomic mass is 10.0. The number of nitrogens with zero attached hydrogens (tertiary/aromatic N) is 1. The summed E-state index contributed by atoms with van der Waals surface area (Å²) in [5, 5.41) is 14.4. The van der Waals surface area contributed by atoms with Crippen molar-refractivity contribution in [2.75, 3.05) is 13.6 Å². The highest BCUT2D eigenvalue weighted by Gasteiger charge is 2.17. The second-order valence-electron chi connectivity index (χ2n) is 3.16. The van der Waals surface area contributed by atoms with Crippen molar-refractivity contribution < 1.29 is 4.52 Å². The van der Waals surface area contributed by atoms with Crippen LogP contribution >= 0.6 is 0 Å². The lowest BCUT2D eigenvalue weighted by Gasteiger charge is -2.10. The summed E-state index contributed by atoms with van der Waals surface area (Å²) in [7, 11) is 1.86. The van der Waals surface area contributed by atoms with Crippen molar-refractivity contribution in [3.05, 3.63) is 17.5 Å². The van der Waals surface area contributed by atoms with Crippen molar-refractivity contribution in [2.24, 2.45) is 0 Å². The average Bonchev–Trinajstić information content (AvgIpc) is 2.46. The summed E-state index contributed by atoms with van der Waals surface area (Å²) in [6.45, 7) is 4.37. The second kappa shape index (κ2) is 4.18. The van der Waals surface area contributed by atoms with Crippen LogP contribution in [0.1, 0.15) is 24.3 Å². The van der Waals surface area contributed by atoms with E-state index in [0.29, 0.717) is 12.3 Å². The molecule has 0 bridgehead atoms. The molecule has 1 aromatic heterocycles. The van der Waals surface area contributed by atoms with Gasteiger partial charge in [0.2, 0.25) is 0 Å². The molecule has 0 radical (unpaired) electrons. The van der Waals surface area contributed by atoms with Gasteiger partial charge < -0.3 is 15.2 Å². The van der Waals surface area contributed by atoms with Gasteiger partial charge in [0.1, 0.15) is 5.76 Å². The summed E-state index contributed by atoms with van der Waals surface area (Å²) in [5.74, 6) is 0.769. The zero-order valence-corrected chi connectivity index (χ0v) is 8.22. The molecule has 0 saturated heterocycles. The molecule has 2 N–H and O–H groups in total. The molecular formula is C9H15N3O. The minimum atomic E-state index is 0.00574. The molecule has 0 aliphatic heterocycles. The molecule has 0 aliphatic carbocycles. The van der Waals surface area contributed by atoms with E-state index in [1.54, 1.807) is 6.92 Å². The quantitative estimate of drug-likeness (QED) is 0.689. The van der Waals surface area contributed by atoms with Gasteiger partial charge in [-0.05, 0) is 20.9 Å². The maximum Gasteiger partial charge on any atom is 0.146 e. The highest BCUT2D eigenvalue weighted by Crippen LogP contribution is 2.16. The SMILES string of the molecule is CNCC(C(C)=N)c1cc(C)no1. The lowest BCUT2D eigenvalue weighted by Crippen LogP contribution is -2.21. The van der Waals surface area contributed by atoms with E-state index in [2.05, 4.69) is 10.5 Å². The standard InChI is InChI=1S/C9H15N3O/c1-6-4-9(13-12-6)8(5-11-3)7(2)10/h4,8,10-11H,5H2,1-3H3. The van der Waals surface area contributed by atoms with E-state index in [0.717, 1.165) is 11.5 Å². The van der Waals surface area contributed by atoms with Gasteiger partial charge in [0.05, 0.1) is 11.6 Å². The van der Waals surface area contributed by atoms with Gasteiger partial charge in [0.15, 0.2) is 0 Å². The molecule has 0 aliphatic rings. The van der Waals surface area contributed by atoms with E-state index in [4.69, 9.17) is 9.93 Å². The molecule has 1 heterocycles. The molecular weight excluding hydrogens is 166 g/mol. The van der Waals surface area contributed by atoms with Gasteiger partial charge in [0, 0.05) is 18.3 Å². The third-order valence-corrected chi connectivity index (χ3v) is 1.92. The molecule has 4 heteroatoms. The van der Waals surface area contributed by atoms with E-state index in [-0.39, 0.29) is 5.92 Å². The summed E-state index contributed by atoms with van der Waals surface area (Å²) < 4.78 is 5.11. The Balaban J connectivity index is 2.81. The third-order valence-electron chi connectivity index (χ3n) is 1.92. The molecule has 0 saturated carbocycles. The Hall–Kier alpha value is -1.16. The van der Waals surface area contributed by atoms with Gasteiger partial charge in [0.25, 0.3) is 0 Å². The van der Waals surface area contributed by atoms with E-state index >= 15 is 0 Å². The van der Waals surface area contributed by atoms with Gasteiger partial charge in [-0.1, -0.05) is 5.16 Å². The highest BCUT2D eigenvalue weighted by atomic mass is 16.5. The Kier molecular flexibility index (Phi) is 3.19. The van der Waals surface area contributed by atoms with Crippen molar-refractivity contribution >= 4 is 5.71 Å². The molecule has 0 amide bonds. The first kappa shape index (κ1) is 9.92. The number of likely N-dealkylation sites (N-methyl/N-ethyl adjacent to an activating group) is 1. The van der Waals surface area contributed by atoms with Crippen molar-refractivity contribution in [2.45, 2.75) is 19.8 Å². The van der Waals surface area contributed by atoms with Crippen LogP contribution in [0.5, 0.6) is 0 Å². The van der Waals surface area contributed by atoms with Crippen molar-refractivity contribution in [3.8, 4) is 0 Å². The molecule has 4 nitrogen and oxygen atoms in total. The molecule has 1 unspecified atom stereocenters. The van der Waals surface area contributed by atoms with E-state index in [1.165, 1.54) is 0 Å². The molecule has 13 heavy (non-hydrogen) atoms. The summed E-state index contributed by atoms with van der Waals surface area (Å²) >= 11 is 0. The number of rotatable bonds is 4. The van der Waals surface area contributed by atoms with Crippen LogP contribution in [0, 0.1) is 12.3 Å². The fraction of sp³-hybridized carbons (Fsp3) is 0.556. The zero-order valence-electron chi connectivity index (χ0n) is 8.22. The molecule has 0 fully saturated rings. The molecule has 1 rings (SSSR count). The van der Waals surface area contributed by atoms with Crippen molar-refractivity contribution in [1.82, 2.24) is 10.5 Å².